The number of benzene rings is 2. The number of carbonyl (C=O) groups is 1. The standard InChI is InChI=1S/C26H24FN3O4S/c1-3-5-6-12-33-17-9-7-8-15(13-17)22-21-23(31)18-14-16(27)10-11-19(18)34-24(21)25(32)30(22)26-29-28-20(4-2)35-26/h7-11,13-14,22H,3-6,12H2,1-2H3. The van der Waals surface area contributed by atoms with Gasteiger partial charge in [-0.3, -0.25) is 14.5 Å². The molecule has 7 nitrogen and oxygen atoms in total. The van der Waals surface area contributed by atoms with Gasteiger partial charge in [0, 0.05) is 0 Å². The number of hydrogen-bond donors (Lipinski definition) is 0. The van der Waals surface area contributed by atoms with E-state index in [1.54, 1.807) is 0 Å². The van der Waals surface area contributed by atoms with Crippen LogP contribution in [0.4, 0.5) is 9.52 Å². The summed E-state index contributed by atoms with van der Waals surface area (Å²) in [5, 5.41) is 9.60. The Morgan fingerprint density at radius 3 is 2.74 bits per heavy atom. The quantitative estimate of drug-likeness (QED) is 0.294. The summed E-state index contributed by atoms with van der Waals surface area (Å²) in [5.41, 5.74) is 0.533. The first-order valence-corrected chi connectivity index (χ1v) is 12.5. The fourth-order valence-corrected chi connectivity index (χ4v) is 5.06. The van der Waals surface area contributed by atoms with E-state index in [9.17, 15) is 14.0 Å². The predicted molar refractivity (Wildman–Crippen MR) is 132 cm³/mol. The van der Waals surface area contributed by atoms with Crippen LogP contribution in [0.15, 0.2) is 51.7 Å². The molecule has 0 radical (unpaired) electrons. The molecule has 3 heterocycles. The number of nitrogens with zero attached hydrogens (tertiary/aromatic N) is 3. The van der Waals surface area contributed by atoms with Crippen LogP contribution >= 0.6 is 11.3 Å². The molecule has 2 aromatic heterocycles. The minimum atomic E-state index is -0.807. The average molecular weight is 494 g/mol. The Balaban J connectivity index is 1.66. The molecule has 0 aliphatic carbocycles. The Labute approximate surface area is 205 Å². The SMILES string of the molecule is CCCCCOc1cccc(C2c3c(oc4ccc(F)cc4c3=O)C(=O)N2c2nnc(CC)s2)c1. The van der Waals surface area contributed by atoms with E-state index in [2.05, 4.69) is 17.1 Å². The van der Waals surface area contributed by atoms with E-state index in [0.29, 0.717) is 29.5 Å². The smallest absolute Gasteiger partial charge is 0.297 e. The highest BCUT2D eigenvalue weighted by atomic mass is 32.1. The lowest BCUT2D eigenvalue weighted by molar-refractivity contribution is 0.0970. The Bertz CT molecular complexity index is 1460. The second-order valence-electron chi connectivity index (χ2n) is 8.35. The van der Waals surface area contributed by atoms with E-state index in [-0.39, 0.29) is 22.3 Å². The molecule has 0 spiro atoms. The Morgan fingerprint density at radius 2 is 1.97 bits per heavy atom. The van der Waals surface area contributed by atoms with Gasteiger partial charge in [-0.25, -0.2) is 4.39 Å². The second-order valence-corrected chi connectivity index (χ2v) is 9.39. The molecular formula is C26H24FN3O4S. The topological polar surface area (TPSA) is 85.5 Å². The van der Waals surface area contributed by atoms with Gasteiger partial charge in [-0.05, 0) is 48.7 Å². The zero-order valence-electron chi connectivity index (χ0n) is 19.4. The summed E-state index contributed by atoms with van der Waals surface area (Å²) < 4.78 is 25.8. The maximum atomic E-state index is 14.0. The van der Waals surface area contributed by atoms with Crippen LogP contribution < -0.4 is 15.1 Å². The summed E-state index contributed by atoms with van der Waals surface area (Å²) >= 11 is 1.29. The zero-order valence-corrected chi connectivity index (χ0v) is 20.2. The number of anilines is 1. The number of hydrogen-bond acceptors (Lipinski definition) is 7. The molecule has 2 aromatic carbocycles. The number of carbonyl (C=O) groups excluding carboxylic acids is 1. The fourth-order valence-electron chi connectivity index (χ4n) is 4.26. The lowest BCUT2D eigenvalue weighted by Crippen LogP contribution is -2.29. The maximum Gasteiger partial charge on any atom is 0.297 e. The molecular weight excluding hydrogens is 469 g/mol. The molecule has 1 unspecified atom stereocenters. The van der Waals surface area contributed by atoms with Crippen LogP contribution in [-0.4, -0.2) is 22.7 Å². The van der Waals surface area contributed by atoms with Gasteiger partial charge in [-0.15, -0.1) is 10.2 Å². The van der Waals surface area contributed by atoms with Gasteiger partial charge in [0.25, 0.3) is 5.91 Å². The Hall–Kier alpha value is -3.59. The van der Waals surface area contributed by atoms with Gasteiger partial charge < -0.3 is 9.15 Å². The van der Waals surface area contributed by atoms with Crippen LogP contribution in [0.5, 0.6) is 5.75 Å². The molecule has 1 atom stereocenters. The van der Waals surface area contributed by atoms with Crippen LogP contribution in [0.2, 0.25) is 0 Å². The monoisotopic (exact) mass is 493 g/mol. The van der Waals surface area contributed by atoms with Gasteiger partial charge in [-0.2, -0.15) is 0 Å². The summed E-state index contributed by atoms with van der Waals surface area (Å²) in [6.07, 6.45) is 3.76. The number of fused-ring (bicyclic) bond motifs is 2. The highest BCUT2D eigenvalue weighted by Gasteiger charge is 2.45. The van der Waals surface area contributed by atoms with Crippen molar-refractivity contribution in [1.29, 1.82) is 0 Å². The van der Waals surface area contributed by atoms with E-state index in [1.165, 1.54) is 28.4 Å². The highest BCUT2D eigenvalue weighted by molar-refractivity contribution is 7.15. The van der Waals surface area contributed by atoms with Gasteiger partial charge in [0.05, 0.1) is 23.6 Å². The average Bonchev–Trinajstić information content (AvgIpc) is 3.45. The number of ether oxygens (including phenoxy) is 1. The highest BCUT2D eigenvalue weighted by Crippen LogP contribution is 2.42. The predicted octanol–water partition coefficient (Wildman–Crippen LogP) is 5.66. The van der Waals surface area contributed by atoms with Crippen molar-refractivity contribution < 1.29 is 18.3 Å². The van der Waals surface area contributed by atoms with E-state index >= 15 is 0 Å². The van der Waals surface area contributed by atoms with Gasteiger partial charge in [0.1, 0.15) is 22.2 Å². The number of rotatable bonds is 8. The van der Waals surface area contributed by atoms with Crippen molar-refractivity contribution in [3.8, 4) is 5.75 Å². The van der Waals surface area contributed by atoms with Crippen molar-refractivity contribution in [3.05, 3.63) is 80.4 Å². The van der Waals surface area contributed by atoms with Gasteiger partial charge in [-0.1, -0.05) is 50.2 Å². The van der Waals surface area contributed by atoms with Crippen molar-refractivity contribution in [2.24, 2.45) is 0 Å². The van der Waals surface area contributed by atoms with Gasteiger partial charge in [0.2, 0.25) is 10.9 Å². The first-order chi connectivity index (χ1) is 17.0. The molecule has 0 bridgehead atoms. The summed E-state index contributed by atoms with van der Waals surface area (Å²) in [4.78, 5) is 28.6. The third-order valence-electron chi connectivity index (χ3n) is 5.99. The molecule has 4 aromatic rings. The van der Waals surface area contributed by atoms with Crippen LogP contribution in [0.1, 0.15) is 65.8 Å². The van der Waals surface area contributed by atoms with E-state index in [0.717, 1.165) is 30.3 Å². The summed E-state index contributed by atoms with van der Waals surface area (Å²) in [5.74, 6) is -0.466. The second kappa shape index (κ2) is 9.58. The van der Waals surface area contributed by atoms with E-state index < -0.39 is 23.2 Å². The minimum absolute atomic E-state index is 0.0679. The van der Waals surface area contributed by atoms with Crippen molar-refractivity contribution in [1.82, 2.24) is 10.2 Å². The lowest BCUT2D eigenvalue weighted by Gasteiger charge is -2.22. The molecule has 0 fully saturated rings. The van der Waals surface area contributed by atoms with Crippen molar-refractivity contribution in [2.75, 3.05) is 11.5 Å². The van der Waals surface area contributed by atoms with Crippen LogP contribution in [0.3, 0.4) is 0 Å². The molecule has 5 rings (SSSR count). The molecule has 9 heteroatoms. The van der Waals surface area contributed by atoms with Crippen LogP contribution in [0.25, 0.3) is 11.0 Å². The van der Waals surface area contributed by atoms with Crippen LogP contribution in [-0.2, 0) is 6.42 Å². The molecule has 0 saturated heterocycles. The molecule has 180 valence electrons. The van der Waals surface area contributed by atoms with Crippen molar-refractivity contribution in [3.63, 3.8) is 0 Å². The third-order valence-corrected chi connectivity index (χ3v) is 7.05. The number of aromatic nitrogens is 2. The normalized spacial score (nSPS) is 15.1. The first-order valence-electron chi connectivity index (χ1n) is 11.7. The van der Waals surface area contributed by atoms with Gasteiger partial charge >= 0.3 is 0 Å². The number of amides is 1. The first kappa shape index (κ1) is 23.2. The molecule has 1 aliphatic rings. The van der Waals surface area contributed by atoms with Crippen molar-refractivity contribution >= 4 is 33.3 Å². The zero-order chi connectivity index (χ0) is 24.5. The summed E-state index contributed by atoms with van der Waals surface area (Å²) in [6, 6.07) is 10.2. The van der Waals surface area contributed by atoms with Crippen LogP contribution in [0, 0.1) is 5.82 Å². The summed E-state index contributed by atoms with van der Waals surface area (Å²) in [6.45, 7) is 4.65. The number of unbranched alkanes of at least 4 members (excludes halogenated alkanes) is 2. The Kier molecular flexibility index (Phi) is 6.34. The lowest BCUT2D eigenvalue weighted by atomic mass is 9.98. The number of aryl methyl sites for hydroxylation is 1. The molecule has 1 aliphatic heterocycles. The van der Waals surface area contributed by atoms with Gasteiger partial charge in [0.15, 0.2) is 5.43 Å². The molecule has 1 amide bonds. The maximum absolute atomic E-state index is 14.0. The fraction of sp³-hybridized carbons (Fsp3) is 0.308. The molecule has 0 N–H and O–H groups in total. The molecule has 35 heavy (non-hydrogen) atoms. The van der Waals surface area contributed by atoms with E-state index in [4.69, 9.17) is 9.15 Å². The molecule has 0 saturated carbocycles. The summed E-state index contributed by atoms with van der Waals surface area (Å²) in [7, 11) is 0. The Morgan fingerprint density at radius 1 is 1.11 bits per heavy atom. The number of halogens is 1. The third kappa shape index (κ3) is 4.20. The minimum Gasteiger partial charge on any atom is -0.494 e. The van der Waals surface area contributed by atoms with Crippen molar-refractivity contribution in [2.45, 2.75) is 45.6 Å². The largest absolute Gasteiger partial charge is 0.494 e. The van der Waals surface area contributed by atoms with E-state index in [1.807, 2.05) is 31.2 Å².